The largest absolute Gasteiger partial charge is 0.469 e. The lowest BCUT2D eigenvalue weighted by Crippen LogP contribution is -2.32. The van der Waals surface area contributed by atoms with Crippen LogP contribution in [0.25, 0.3) is 0 Å². The predicted molar refractivity (Wildman–Crippen MR) is 106 cm³/mol. The Morgan fingerprint density at radius 3 is 2.13 bits per heavy atom. The molecule has 0 aromatic heterocycles. The van der Waals surface area contributed by atoms with Crippen LogP contribution in [0, 0.1) is 5.41 Å². The second-order valence-corrected chi connectivity index (χ2v) is 9.36. The van der Waals surface area contributed by atoms with Crippen LogP contribution in [0.1, 0.15) is 69.8 Å². The number of rotatable bonds is 3. The molecule has 1 fully saturated rings. The van der Waals surface area contributed by atoms with Crippen LogP contribution in [-0.4, -0.2) is 17.5 Å². The highest BCUT2D eigenvalue weighted by Gasteiger charge is 2.42. The van der Waals surface area contributed by atoms with Crippen LogP contribution in [0.2, 0.25) is 0 Å². The third-order valence-electron chi connectivity index (χ3n) is 6.29. The van der Waals surface area contributed by atoms with E-state index in [4.69, 9.17) is 4.74 Å². The molecule has 0 unspecified atom stereocenters. The van der Waals surface area contributed by atoms with Crippen molar-refractivity contribution >= 4 is 0 Å². The first-order valence-electron chi connectivity index (χ1n) is 10.2. The quantitative estimate of drug-likeness (QED) is 0.352. The minimum absolute atomic E-state index is 0.133. The van der Waals surface area contributed by atoms with E-state index in [9.17, 15) is 26.3 Å². The number of nitrogens with zero attached hydrogens (tertiary/aromatic N) is 1. The normalized spacial score (nSPS) is 24.6. The Balaban J connectivity index is 1.92. The summed E-state index contributed by atoms with van der Waals surface area (Å²) < 4.78 is 85.2. The highest BCUT2D eigenvalue weighted by molar-refractivity contribution is 5.36. The molecule has 1 aromatic rings. The van der Waals surface area contributed by atoms with Gasteiger partial charge in [-0.25, -0.2) is 0 Å². The Hall–Kier alpha value is -2.12. The summed E-state index contributed by atoms with van der Waals surface area (Å²) in [7, 11) is 0. The van der Waals surface area contributed by atoms with Gasteiger partial charge in [-0.3, -0.25) is 0 Å². The molecule has 31 heavy (non-hydrogen) atoms. The van der Waals surface area contributed by atoms with E-state index in [-0.39, 0.29) is 22.9 Å². The van der Waals surface area contributed by atoms with Crippen molar-refractivity contribution in [2.75, 3.05) is 6.54 Å². The summed E-state index contributed by atoms with van der Waals surface area (Å²) in [5.74, 6) is 0.257. The average molecular weight is 447 g/mol. The zero-order valence-corrected chi connectivity index (χ0v) is 18.0. The highest BCUT2D eigenvalue weighted by atomic mass is 19.4. The van der Waals surface area contributed by atoms with Crippen molar-refractivity contribution in [3.8, 4) is 0 Å². The Labute approximate surface area is 178 Å². The second-order valence-electron chi connectivity index (χ2n) is 9.36. The van der Waals surface area contributed by atoms with Crippen molar-refractivity contribution in [2.24, 2.45) is 5.41 Å². The molecule has 0 bridgehead atoms. The third-order valence-corrected chi connectivity index (χ3v) is 6.29. The minimum Gasteiger partial charge on any atom is -0.469 e. The molecule has 8 heteroatoms. The SMILES string of the molecule is C=C1O[C@H](c2cc(C(F)(F)F)cc(C(F)(F)F)c2)[C@H](C)N1CC1=C(C)CCC(C)(C)C1. The van der Waals surface area contributed by atoms with E-state index in [1.165, 1.54) is 11.1 Å². The van der Waals surface area contributed by atoms with Crippen LogP contribution < -0.4 is 0 Å². The summed E-state index contributed by atoms with van der Waals surface area (Å²) in [5.41, 5.74) is -0.223. The maximum absolute atomic E-state index is 13.3. The van der Waals surface area contributed by atoms with Gasteiger partial charge in [0.15, 0.2) is 5.88 Å². The van der Waals surface area contributed by atoms with Crippen LogP contribution in [0.5, 0.6) is 0 Å². The summed E-state index contributed by atoms with van der Waals surface area (Å²) in [6, 6.07) is 1.14. The van der Waals surface area contributed by atoms with Gasteiger partial charge in [-0.05, 0) is 68.9 Å². The smallest absolute Gasteiger partial charge is 0.416 e. The minimum atomic E-state index is -4.90. The zero-order chi connectivity index (χ0) is 23.4. The molecule has 1 aliphatic heterocycles. The summed E-state index contributed by atoms with van der Waals surface area (Å²) in [5, 5.41) is 0. The molecule has 172 valence electrons. The van der Waals surface area contributed by atoms with Crippen molar-refractivity contribution in [2.45, 2.75) is 71.5 Å². The number of halogens is 6. The highest BCUT2D eigenvalue weighted by Crippen LogP contribution is 2.44. The lowest BCUT2D eigenvalue weighted by Gasteiger charge is -2.35. The van der Waals surface area contributed by atoms with Gasteiger partial charge in [0.1, 0.15) is 6.10 Å². The molecule has 2 aliphatic rings. The standard InChI is InChI=1S/C23H27F6NO/c1-13-6-7-21(4,5)11-17(13)12-30-14(2)20(31-15(30)3)16-8-18(22(24,25)26)10-19(9-16)23(27,28)29/h8-10,14,20H,3,6-7,11-12H2,1-2,4-5H3/t14-,20-/m0/s1. The third kappa shape index (κ3) is 5.04. The maximum Gasteiger partial charge on any atom is 0.416 e. The molecular formula is C23H27F6NO. The van der Waals surface area contributed by atoms with Gasteiger partial charge in [-0.2, -0.15) is 26.3 Å². The number of hydrogen-bond acceptors (Lipinski definition) is 2. The van der Waals surface area contributed by atoms with Gasteiger partial charge in [0, 0.05) is 6.54 Å². The molecule has 0 radical (unpaired) electrons. The first-order valence-corrected chi connectivity index (χ1v) is 10.2. The van der Waals surface area contributed by atoms with E-state index >= 15 is 0 Å². The number of benzene rings is 1. The van der Waals surface area contributed by atoms with Gasteiger partial charge in [0.2, 0.25) is 0 Å². The molecule has 3 rings (SSSR count). The average Bonchev–Trinajstić information content (AvgIpc) is 2.91. The Morgan fingerprint density at radius 1 is 1.06 bits per heavy atom. The molecule has 1 heterocycles. The zero-order valence-electron chi connectivity index (χ0n) is 18.0. The van der Waals surface area contributed by atoms with Crippen molar-refractivity contribution in [1.29, 1.82) is 0 Å². The van der Waals surface area contributed by atoms with Gasteiger partial charge < -0.3 is 9.64 Å². The molecule has 1 saturated heterocycles. The van der Waals surface area contributed by atoms with E-state index in [1.54, 1.807) is 6.92 Å². The summed E-state index contributed by atoms with van der Waals surface area (Å²) >= 11 is 0. The molecule has 2 atom stereocenters. The molecule has 0 amide bonds. The maximum atomic E-state index is 13.3. The number of alkyl halides is 6. The molecule has 1 aromatic carbocycles. The lowest BCUT2D eigenvalue weighted by atomic mass is 9.74. The van der Waals surface area contributed by atoms with E-state index < -0.39 is 35.6 Å². The van der Waals surface area contributed by atoms with Crippen molar-refractivity contribution in [3.05, 3.63) is 58.5 Å². The van der Waals surface area contributed by atoms with E-state index in [0.717, 1.165) is 31.4 Å². The van der Waals surface area contributed by atoms with Crippen LogP contribution >= 0.6 is 0 Å². The molecule has 2 nitrogen and oxygen atoms in total. The van der Waals surface area contributed by atoms with E-state index in [0.29, 0.717) is 6.54 Å². The van der Waals surface area contributed by atoms with E-state index in [2.05, 4.69) is 27.4 Å². The molecule has 0 N–H and O–H groups in total. The fraction of sp³-hybridized carbons (Fsp3) is 0.565. The van der Waals surface area contributed by atoms with Crippen LogP contribution in [0.3, 0.4) is 0 Å². The van der Waals surface area contributed by atoms with Gasteiger partial charge in [0.25, 0.3) is 0 Å². The van der Waals surface area contributed by atoms with Crippen molar-refractivity contribution in [3.63, 3.8) is 0 Å². The number of allylic oxidation sites excluding steroid dienone is 1. The monoisotopic (exact) mass is 447 g/mol. The first-order chi connectivity index (χ1) is 14.1. The van der Waals surface area contributed by atoms with E-state index in [1.807, 2.05) is 4.90 Å². The molecule has 0 saturated carbocycles. The molecule has 1 aliphatic carbocycles. The van der Waals surface area contributed by atoms with Crippen LogP contribution in [-0.2, 0) is 17.1 Å². The number of ether oxygens (including phenoxy) is 1. The first kappa shape index (κ1) is 23.5. The van der Waals surface area contributed by atoms with Crippen LogP contribution in [0.15, 0.2) is 41.8 Å². The fourth-order valence-electron chi connectivity index (χ4n) is 4.34. The van der Waals surface area contributed by atoms with Gasteiger partial charge in [0.05, 0.1) is 17.2 Å². The number of hydrogen-bond donors (Lipinski definition) is 0. The van der Waals surface area contributed by atoms with Crippen molar-refractivity contribution in [1.82, 2.24) is 4.90 Å². The Kier molecular flexibility index (Phi) is 5.91. The second kappa shape index (κ2) is 7.78. The summed E-state index contributed by atoms with van der Waals surface area (Å²) in [6.07, 6.45) is -7.86. The van der Waals surface area contributed by atoms with Gasteiger partial charge >= 0.3 is 12.4 Å². The fourth-order valence-corrected chi connectivity index (χ4v) is 4.34. The topological polar surface area (TPSA) is 12.5 Å². The molecular weight excluding hydrogens is 420 g/mol. The van der Waals surface area contributed by atoms with Crippen LogP contribution in [0.4, 0.5) is 26.3 Å². The molecule has 0 spiro atoms. The lowest BCUT2D eigenvalue weighted by molar-refractivity contribution is -0.143. The Bertz CT molecular complexity index is 864. The van der Waals surface area contributed by atoms with Gasteiger partial charge in [-0.1, -0.05) is 25.0 Å². The predicted octanol–water partition coefficient (Wildman–Crippen LogP) is 7.48. The summed E-state index contributed by atoms with van der Waals surface area (Å²) in [6.45, 7) is 12.5. The summed E-state index contributed by atoms with van der Waals surface area (Å²) in [4.78, 5) is 1.83. The van der Waals surface area contributed by atoms with Gasteiger partial charge in [-0.15, -0.1) is 0 Å². The van der Waals surface area contributed by atoms with Crippen molar-refractivity contribution < 1.29 is 31.1 Å². The Morgan fingerprint density at radius 2 is 1.61 bits per heavy atom.